The third-order valence-corrected chi connectivity index (χ3v) is 4.65. The van der Waals surface area contributed by atoms with Crippen molar-refractivity contribution in [3.63, 3.8) is 0 Å². The Morgan fingerprint density at radius 3 is 2.45 bits per heavy atom. The molecule has 6 nitrogen and oxygen atoms in total. The predicted molar refractivity (Wildman–Crippen MR) is 111 cm³/mol. The molecular formula is C23H28N2O4. The van der Waals surface area contributed by atoms with Crippen LogP contribution in [0.25, 0.3) is 0 Å². The molecule has 0 aliphatic carbocycles. The van der Waals surface area contributed by atoms with E-state index in [1.807, 2.05) is 51.1 Å². The van der Waals surface area contributed by atoms with Crippen molar-refractivity contribution >= 4 is 0 Å². The normalized spacial score (nSPS) is 10.8. The molecule has 0 aliphatic rings. The summed E-state index contributed by atoms with van der Waals surface area (Å²) in [6.07, 6.45) is 0. The molecular weight excluding hydrogens is 368 g/mol. The summed E-state index contributed by atoms with van der Waals surface area (Å²) in [4.78, 5) is 0. The summed E-state index contributed by atoms with van der Waals surface area (Å²) in [7, 11) is 1.65. The Morgan fingerprint density at radius 1 is 0.966 bits per heavy atom. The van der Waals surface area contributed by atoms with E-state index < -0.39 is 0 Å². The van der Waals surface area contributed by atoms with Crippen LogP contribution in [0.2, 0.25) is 0 Å². The minimum absolute atomic E-state index is 0.394. The fraction of sp³-hybridized carbons (Fsp3) is 0.348. The van der Waals surface area contributed by atoms with Crippen LogP contribution < -0.4 is 19.5 Å². The number of methoxy groups -OCH3 is 1. The highest BCUT2D eigenvalue weighted by molar-refractivity contribution is 5.43. The van der Waals surface area contributed by atoms with E-state index in [1.165, 1.54) is 5.56 Å². The van der Waals surface area contributed by atoms with Crippen molar-refractivity contribution < 1.29 is 18.7 Å². The van der Waals surface area contributed by atoms with Gasteiger partial charge in [0, 0.05) is 13.1 Å². The van der Waals surface area contributed by atoms with Gasteiger partial charge < -0.3 is 24.1 Å². The van der Waals surface area contributed by atoms with Gasteiger partial charge in [-0.2, -0.15) is 0 Å². The number of aryl methyl sites for hydroxylation is 2. The van der Waals surface area contributed by atoms with Gasteiger partial charge in [-0.25, -0.2) is 0 Å². The van der Waals surface area contributed by atoms with Crippen LogP contribution in [0.15, 0.2) is 47.0 Å². The Kier molecular flexibility index (Phi) is 7.14. The van der Waals surface area contributed by atoms with Crippen LogP contribution in [0, 0.1) is 13.8 Å². The summed E-state index contributed by atoms with van der Waals surface area (Å²) in [5.41, 5.74) is 4.11. The summed E-state index contributed by atoms with van der Waals surface area (Å²) in [6, 6.07) is 14.1. The zero-order chi connectivity index (χ0) is 20.6. The van der Waals surface area contributed by atoms with Crippen LogP contribution in [0.3, 0.4) is 0 Å². The number of rotatable bonds is 10. The van der Waals surface area contributed by atoms with Crippen molar-refractivity contribution in [2.45, 2.75) is 40.5 Å². The van der Waals surface area contributed by atoms with Crippen LogP contribution in [0.4, 0.5) is 0 Å². The van der Waals surface area contributed by atoms with Crippen molar-refractivity contribution in [2.24, 2.45) is 0 Å². The maximum absolute atomic E-state index is 5.94. The van der Waals surface area contributed by atoms with Crippen molar-refractivity contribution in [3.8, 4) is 17.2 Å². The third kappa shape index (κ3) is 5.51. The van der Waals surface area contributed by atoms with Gasteiger partial charge in [-0.3, -0.25) is 0 Å². The van der Waals surface area contributed by atoms with Crippen LogP contribution in [0.1, 0.15) is 35.1 Å². The average molecular weight is 396 g/mol. The first-order chi connectivity index (χ1) is 14.1. The van der Waals surface area contributed by atoms with Gasteiger partial charge in [0.25, 0.3) is 0 Å². The molecule has 0 radical (unpaired) electrons. The Bertz CT molecular complexity index is 917. The quantitative estimate of drug-likeness (QED) is 0.542. The average Bonchev–Trinajstić information content (AvgIpc) is 3.05. The lowest BCUT2D eigenvalue weighted by atomic mass is 10.1. The fourth-order valence-corrected chi connectivity index (χ4v) is 3.06. The monoisotopic (exact) mass is 396 g/mol. The van der Waals surface area contributed by atoms with Gasteiger partial charge in [0.05, 0.1) is 25.0 Å². The second-order valence-corrected chi connectivity index (χ2v) is 6.76. The van der Waals surface area contributed by atoms with Gasteiger partial charge in [0.1, 0.15) is 18.1 Å². The number of aromatic nitrogens is 1. The summed E-state index contributed by atoms with van der Waals surface area (Å²) >= 11 is 0. The van der Waals surface area contributed by atoms with Gasteiger partial charge in [-0.15, -0.1) is 0 Å². The maximum atomic E-state index is 5.94. The van der Waals surface area contributed by atoms with Crippen LogP contribution in [-0.2, 0) is 19.7 Å². The number of hydrogen-bond acceptors (Lipinski definition) is 6. The highest BCUT2D eigenvalue weighted by Crippen LogP contribution is 2.29. The molecule has 0 fully saturated rings. The largest absolute Gasteiger partial charge is 0.494 e. The van der Waals surface area contributed by atoms with E-state index in [0.717, 1.165) is 41.4 Å². The molecule has 2 aromatic carbocycles. The van der Waals surface area contributed by atoms with E-state index in [9.17, 15) is 0 Å². The first kappa shape index (κ1) is 20.7. The first-order valence-electron chi connectivity index (χ1n) is 9.74. The smallest absolute Gasteiger partial charge is 0.161 e. The molecule has 0 amide bonds. The molecule has 1 N–H and O–H groups in total. The molecule has 0 atom stereocenters. The lowest BCUT2D eigenvalue weighted by Crippen LogP contribution is -2.13. The molecule has 1 aromatic heterocycles. The molecule has 0 saturated heterocycles. The number of nitrogens with one attached hydrogen (secondary N) is 1. The molecule has 154 valence electrons. The molecule has 0 aliphatic heterocycles. The summed E-state index contributed by atoms with van der Waals surface area (Å²) in [6.45, 7) is 8.32. The molecule has 0 spiro atoms. The highest BCUT2D eigenvalue weighted by atomic mass is 16.5. The van der Waals surface area contributed by atoms with Gasteiger partial charge in [-0.05, 0) is 56.2 Å². The second kappa shape index (κ2) is 9.98. The van der Waals surface area contributed by atoms with Crippen molar-refractivity contribution in [3.05, 3.63) is 70.6 Å². The molecule has 3 aromatic rings. The van der Waals surface area contributed by atoms with E-state index in [0.29, 0.717) is 24.7 Å². The van der Waals surface area contributed by atoms with Gasteiger partial charge >= 0.3 is 0 Å². The number of ether oxygens (including phenoxy) is 3. The van der Waals surface area contributed by atoms with Gasteiger partial charge in [-0.1, -0.05) is 23.4 Å². The highest BCUT2D eigenvalue weighted by Gasteiger charge is 2.12. The van der Waals surface area contributed by atoms with Gasteiger partial charge in [0.2, 0.25) is 0 Å². The third-order valence-electron chi connectivity index (χ3n) is 4.65. The molecule has 0 bridgehead atoms. The first-order valence-corrected chi connectivity index (χ1v) is 9.74. The van der Waals surface area contributed by atoms with E-state index >= 15 is 0 Å². The summed E-state index contributed by atoms with van der Waals surface area (Å²) in [5.74, 6) is 3.07. The topological polar surface area (TPSA) is 65.8 Å². The van der Waals surface area contributed by atoms with Crippen LogP contribution in [-0.4, -0.2) is 18.9 Å². The summed E-state index contributed by atoms with van der Waals surface area (Å²) in [5, 5.41) is 7.41. The minimum atomic E-state index is 0.394. The molecule has 0 saturated carbocycles. The van der Waals surface area contributed by atoms with Crippen molar-refractivity contribution in [1.82, 2.24) is 10.5 Å². The Hall–Kier alpha value is -2.99. The Balaban J connectivity index is 1.57. The van der Waals surface area contributed by atoms with Crippen LogP contribution >= 0.6 is 0 Å². The standard InChI is InChI=1S/C23H28N2O4/c1-5-27-20-8-6-7-18(11-20)13-24-14-19-9-10-22(23(12-19)26-4)28-15-21-16(2)25-29-17(21)3/h6-12,24H,5,13-15H2,1-4H3. The Labute approximate surface area is 171 Å². The molecule has 29 heavy (non-hydrogen) atoms. The van der Waals surface area contributed by atoms with E-state index in [-0.39, 0.29) is 0 Å². The number of nitrogens with zero attached hydrogens (tertiary/aromatic N) is 1. The predicted octanol–water partition coefficient (Wildman–Crippen LogP) is 4.57. The molecule has 6 heteroatoms. The SMILES string of the molecule is CCOc1cccc(CNCc2ccc(OCc3c(C)noc3C)c(OC)c2)c1. The van der Waals surface area contributed by atoms with E-state index in [2.05, 4.69) is 22.6 Å². The second-order valence-electron chi connectivity index (χ2n) is 6.76. The van der Waals surface area contributed by atoms with E-state index in [4.69, 9.17) is 18.7 Å². The minimum Gasteiger partial charge on any atom is -0.494 e. The zero-order valence-electron chi connectivity index (χ0n) is 17.5. The summed E-state index contributed by atoms with van der Waals surface area (Å²) < 4.78 is 22.2. The molecule has 0 unspecified atom stereocenters. The van der Waals surface area contributed by atoms with Crippen molar-refractivity contribution in [1.29, 1.82) is 0 Å². The number of hydrogen-bond donors (Lipinski definition) is 1. The maximum Gasteiger partial charge on any atom is 0.161 e. The molecule has 3 rings (SSSR count). The van der Waals surface area contributed by atoms with Crippen LogP contribution in [0.5, 0.6) is 17.2 Å². The van der Waals surface area contributed by atoms with Gasteiger partial charge in [0.15, 0.2) is 11.5 Å². The lowest BCUT2D eigenvalue weighted by molar-refractivity contribution is 0.281. The number of benzene rings is 2. The van der Waals surface area contributed by atoms with E-state index in [1.54, 1.807) is 7.11 Å². The van der Waals surface area contributed by atoms with Crippen molar-refractivity contribution in [2.75, 3.05) is 13.7 Å². The zero-order valence-corrected chi connectivity index (χ0v) is 17.5. The fourth-order valence-electron chi connectivity index (χ4n) is 3.06. The lowest BCUT2D eigenvalue weighted by Gasteiger charge is -2.13. The Morgan fingerprint density at radius 2 is 1.76 bits per heavy atom. The molecule has 1 heterocycles.